The molecule has 0 radical (unpaired) electrons. The topological polar surface area (TPSA) is 20.2 Å². The van der Waals surface area contributed by atoms with Crippen molar-refractivity contribution in [2.75, 3.05) is 0 Å². The van der Waals surface area contributed by atoms with Gasteiger partial charge in [0.25, 0.3) is 0 Å². The van der Waals surface area contributed by atoms with Crippen LogP contribution in [0.1, 0.15) is 63.9 Å². The number of unbranched alkanes of at least 4 members (excludes halogenated alkanes) is 7. The van der Waals surface area contributed by atoms with Gasteiger partial charge in [-0.1, -0.05) is 119 Å². The average molecular weight is 387 g/mol. The van der Waals surface area contributed by atoms with Gasteiger partial charge in [-0.3, -0.25) is 0 Å². The van der Waals surface area contributed by atoms with Crippen LogP contribution in [0.15, 0.2) is 72.8 Å². The first-order valence-electron chi connectivity index (χ1n) is 11.3. The Morgan fingerprint density at radius 1 is 0.586 bits per heavy atom. The minimum absolute atomic E-state index is 0.423. The summed E-state index contributed by atoms with van der Waals surface area (Å²) in [5.74, 6) is 0.423. The highest BCUT2D eigenvalue weighted by molar-refractivity contribution is 5.87. The van der Waals surface area contributed by atoms with Crippen LogP contribution in [0.2, 0.25) is 0 Å². The summed E-state index contributed by atoms with van der Waals surface area (Å²) in [6, 6.07) is 24.9. The maximum atomic E-state index is 10.7. The van der Waals surface area contributed by atoms with Gasteiger partial charge in [0.1, 0.15) is 5.75 Å². The van der Waals surface area contributed by atoms with Crippen molar-refractivity contribution in [3.05, 3.63) is 78.4 Å². The molecule has 0 amide bonds. The number of phenolic OH excluding ortho intramolecular Hbond substituents is 1. The van der Waals surface area contributed by atoms with Crippen molar-refractivity contribution in [2.24, 2.45) is 0 Å². The second-order valence-corrected chi connectivity index (χ2v) is 7.94. The lowest BCUT2D eigenvalue weighted by molar-refractivity contribution is 0.466. The first kappa shape index (κ1) is 21.2. The largest absolute Gasteiger partial charge is 0.508 e. The molecular weight excluding hydrogens is 352 g/mol. The van der Waals surface area contributed by atoms with E-state index in [1.54, 1.807) is 0 Å². The van der Waals surface area contributed by atoms with Gasteiger partial charge >= 0.3 is 0 Å². The van der Waals surface area contributed by atoms with Crippen molar-refractivity contribution in [1.29, 1.82) is 0 Å². The van der Waals surface area contributed by atoms with Crippen molar-refractivity contribution in [2.45, 2.75) is 64.7 Å². The van der Waals surface area contributed by atoms with Crippen LogP contribution in [0.3, 0.4) is 0 Å². The smallest absolute Gasteiger partial charge is 0.119 e. The Hall–Kier alpha value is -2.54. The molecule has 0 aliphatic rings. The van der Waals surface area contributed by atoms with Crippen LogP contribution in [0, 0.1) is 0 Å². The van der Waals surface area contributed by atoms with Gasteiger partial charge in [-0.2, -0.15) is 0 Å². The Labute approximate surface area is 176 Å². The predicted molar refractivity (Wildman–Crippen MR) is 125 cm³/mol. The minimum Gasteiger partial charge on any atom is -0.508 e. The number of phenols is 1. The highest BCUT2D eigenvalue weighted by Gasteiger charge is 2.16. The molecule has 1 heteroatoms. The Kier molecular flexibility index (Phi) is 8.37. The minimum atomic E-state index is 0.423. The molecule has 152 valence electrons. The molecule has 0 saturated heterocycles. The zero-order valence-electron chi connectivity index (χ0n) is 17.7. The maximum Gasteiger partial charge on any atom is 0.119 e. The monoisotopic (exact) mass is 386 g/mol. The summed E-state index contributed by atoms with van der Waals surface area (Å²) in [6.45, 7) is 2.26. The molecule has 0 spiro atoms. The normalized spacial score (nSPS) is 10.9. The molecule has 29 heavy (non-hydrogen) atoms. The molecule has 3 rings (SSSR count). The van der Waals surface area contributed by atoms with Crippen molar-refractivity contribution >= 4 is 0 Å². The first-order valence-corrected chi connectivity index (χ1v) is 11.3. The number of hydrogen-bond donors (Lipinski definition) is 1. The Balaban J connectivity index is 1.79. The van der Waals surface area contributed by atoms with Gasteiger partial charge in [0, 0.05) is 5.56 Å². The van der Waals surface area contributed by atoms with Crippen LogP contribution >= 0.6 is 0 Å². The summed E-state index contributed by atoms with van der Waals surface area (Å²) in [4.78, 5) is 0. The lowest BCUT2D eigenvalue weighted by Crippen LogP contribution is -1.96. The van der Waals surface area contributed by atoms with Crippen LogP contribution in [0.4, 0.5) is 0 Å². The summed E-state index contributed by atoms with van der Waals surface area (Å²) < 4.78 is 0. The predicted octanol–water partition coefficient (Wildman–Crippen LogP) is 8.41. The summed E-state index contributed by atoms with van der Waals surface area (Å²) >= 11 is 0. The number of benzene rings is 3. The zero-order chi connectivity index (χ0) is 20.3. The summed E-state index contributed by atoms with van der Waals surface area (Å²) in [5.41, 5.74) is 5.84. The lowest BCUT2D eigenvalue weighted by Gasteiger charge is -2.17. The maximum absolute atomic E-state index is 10.7. The van der Waals surface area contributed by atoms with Gasteiger partial charge in [0.05, 0.1) is 0 Å². The van der Waals surface area contributed by atoms with Gasteiger partial charge in [-0.25, -0.2) is 0 Å². The van der Waals surface area contributed by atoms with E-state index in [4.69, 9.17) is 0 Å². The van der Waals surface area contributed by atoms with E-state index in [1.165, 1.54) is 67.2 Å². The van der Waals surface area contributed by atoms with Gasteiger partial charge in [-0.15, -0.1) is 0 Å². The van der Waals surface area contributed by atoms with Gasteiger partial charge in [0.2, 0.25) is 0 Å². The van der Waals surface area contributed by atoms with Crippen molar-refractivity contribution in [3.63, 3.8) is 0 Å². The molecule has 0 saturated carbocycles. The summed E-state index contributed by atoms with van der Waals surface area (Å²) in [6.07, 6.45) is 11.3. The van der Waals surface area contributed by atoms with Crippen LogP contribution < -0.4 is 0 Å². The Morgan fingerprint density at radius 3 is 1.76 bits per heavy atom. The SMILES string of the molecule is CCCCCCCCCCc1c(O)ccc(-c2ccccc2)c1-c1ccccc1. The van der Waals surface area contributed by atoms with Crippen LogP contribution in [-0.2, 0) is 6.42 Å². The van der Waals surface area contributed by atoms with Gasteiger partial charge in [0.15, 0.2) is 0 Å². The molecule has 0 atom stereocenters. The van der Waals surface area contributed by atoms with E-state index in [-0.39, 0.29) is 0 Å². The van der Waals surface area contributed by atoms with Crippen molar-refractivity contribution in [1.82, 2.24) is 0 Å². The zero-order valence-corrected chi connectivity index (χ0v) is 17.7. The van der Waals surface area contributed by atoms with E-state index < -0.39 is 0 Å². The molecule has 0 aromatic heterocycles. The van der Waals surface area contributed by atoms with Crippen molar-refractivity contribution in [3.8, 4) is 28.0 Å². The molecule has 0 aliphatic carbocycles. The molecule has 3 aromatic rings. The Bertz CT molecular complexity index is 852. The molecule has 3 aromatic carbocycles. The summed E-state index contributed by atoms with van der Waals surface area (Å²) in [7, 11) is 0. The molecule has 0 aliphatic heterocycles. The third-order valence-electron chi connectivity index (χ3n) is 5.72. The van der Waals surface area contributed by atoms with E-state index in [2.05, 4.69) is 61.5 Å². The lowest BCUT2D eigenvalue weighted by atomic mass is 9.88. The molecule has 1 N–H and O–H groups in total. The number of rotatable bonds is 11. The van der Waals surface area contributed by atoms with Crippen LogP contribution in [0.5, 0.6) is 5.75 Å². The van der Waals surface area contributed by atoms with Crippen LogP contribution in [-0.4, -0.2) is 5.11 Å². The molecular formula is C28H34O. The molecule has 1 nitrogen and oxygen atoms in total. The average Bonchev–Trinajstić information content (AvgIpc) is 2.77. The standard InChI is InChI=1S/C28H34O/c1-2-3-4-5-6-7-8-15-20-26-27(29)22-21-25(23-16-11-9-12-17-23)28(26)24-18-13-10-14-19-24/h9-14,16-19,21-22,29H,2-8,15,20H2,1H3. The second kappa shape index (κ2) is 11.5. The van der Waals surface area contributed by atoms with E-state index in [0.717, 1.165) is 18.4 Å². The third-order valence-corrected chi connectivity index (χ3v) is 5.72. The highest BCUT2D eigenvalue weighted by Crippen LogP contribution is 2.39. The third kappa shape index (κ3) is 5.97. The molecule has 0 fully saturated rings. The summed E-state index contributed by atoms with van der Waals surface area (Å²) in [5, 5.41) is 10.7. The number of aromatic hydroxyl groups is 1. The van der Waals surface area contributed by atoms with Crippen LogP contribution in [0.25, 0.3) is 22.3 Å². The fourth-order valence-electron chi connectivity index (χ4n) is 4.12. The molecule has 0 heterocycles. The van der Waals surface area contributed by atoms with Gasteiger partial charge in [-0.05, 0) is 41.2 Å². The van der Waals surface area contributed by atoms with E-state index >= 15 is 0 Å². The second-order valence-electron chi connectivity index (χ2n) is 7.94. The van der Waals surface area contributed by atoms with E-state index in [1.807, 2.05) is 18.2 Å². The molecule has 0 bridgehead atoms. The van der Waals surface area contributed by atoms with Gasteiger partial charge < -0.3 is 5.11 Å². The number of hydrogen-bond acceptors (Lipinski definition) is 1. The first-order chi connectivity index (χ1) is 14.3. The Morgan fingerprint density at radius 2 is 1.14 bits per heavy atom. The van der Waals surface area contributed by atoms with Crippen molar-refractivity contribution < 1.29 is 5.11 Å². The fraction of sp³-hybridized carbons (Fsp3) is 0.357. The highest BCUT2D eigenvalue weighted by atomic mass is 16.3. The molecule has 0 unspecified atom stereocenters. The quantitative estimate of drug-likeness (QED) is 0.328. The van der Waals surface area contributed by atoms with E-state index in [9.17, 15) is 5.11 Å². The van der Waals surface area contributed by atoms with E-state index in [0.29, 0.717) is 5.75 Å². The fourth-order valence-corrected chi connectivity index (χ4v) is 4.12.